The van der Waals surface area contributed by atoms with Crippen molar-refractivity contribution in [2.24, 2.45) is 0 Å². The van der Waals surface area contributed by atoms with Crippen molar-refractivity contribution < 1.29 is 4.79 Å². The Kier molecular flexibility index (Phi) is 3.16. The Hall–Kier alpha value is -2.71. The van der Waals surface area contributed by atoms with Crippen molar-refractivity contribution in [3.63, 3.8) is 0 Å². The Balaban J connectivity index is 1.94. The van der Waals surface area contributed by atoms with Gasteiger partial charge in [-0.15, -0.1) is 0 Å². The molecule has 0 saturated carbocycles. The monoisotopic (exact) mass is 298 g/mol. The zero-order valence-electron chi connectivity index (χ0n) is 10.9. The molecule has 21 heavy (non-hydrogen) atoms. The lowest BCUT2D eigenvalue weighted by Gasteiger charge is -2.13. The molecule has 104 valence electrons. The molecule has 0 atom stereocenters. The van der Waals surface area contributed by atoms with E-state index in [-0.39, 0.29) is 5.91 Å². The maximum Gasteiger partial charge on any atom is 0.228 e. The van der Waals surface area contributed by atoms with E-state index in [0.29, 0.717) is 34.1 Å². The SMILES string of the molecule is N#Cc1ccc(Nc2cc3c(cc2N)CC(=O)N3)c(Cl)c1. The number of nitrogens with one attached hydrogen (secondary N) is 2. The average Bonchev–Trinajstić information content (AvgIpc) is 2.80. The Morgan fingerprint density at radius 1 is 1.29 bits per heavy atom. The third-order valence-corrected chi connectivity index (χ3v) is 3.58. The van der Waals surface area contributed by atoms with Gasteiger partial charge in [0.1, 0.15) is 0 Å². The molecular formula is C15H11ClN4O. The molecule has 0 spiro atoms. The van der Waals surface area contributed by atoms with Gasteiger partial charge in [0.15, 0.2) is 0 Å². The number of benzene rings is 2. The summed E-state index contributed by atoms with van der Waals surface area (Å²) < 4.78 is 0. The molecule has 2 aromatic carbocycles. The van der Waals surface area contributed by atoms with E-state index < -0.39 is 0 Å². The van der Waals surface area contributed by atoms with Crippen molar-refractivity contribution in [1.29, 1.82) is 5.26 Å². The lowest BCUT2D eigenvalue weighted by Crippen LogP contribution is -2.03. The third-order valence-electron chi connectivity index (χ3n) is 3.27. The van der Waals surface area contributed by atoms with Crippen LogP contribution >= 0.6 is 11.6 Å². The number of rotatable bonds is 2. The van der Waals surface area contributed by atoms with Gasteiger partial charge in [-0.1, -0.05) is 11.6 Å². The van der Waals surface area contributed by atoms with Gasteiger partial charge in [0, 0.05) is 5.69 Å². The summed E-state index contributed by atoms with van der Waals surface area (Å²) in [4.78, 5) is 11.4. The largest absolute Gasteiger partial charge is 0.397 e. The summed E-state index contributed by atoms with van der Waals surface area (Å²) in [7, 11) is 0. The molecular weight excluding hydrogens is 288 g/mol. The smallest absolute Gasteiger partial charge is 0.228 e. The van der Waals surface area contributed by atoms with Crippen molar-refractivity contribution in [3.05, 3.63) is 46.5 Å². The van der Waals surface area contributed by atoms with Gasteiger partial charge in [0.05, 0.1) is 40.1 Å². The van der Waals surface area contributed by atoms with E-state index >= 15 is 0 Å². The molecule has 2 aromatic rings. The highest BCUT2D eigenvalue weighted by Crippen LogP contribution is 2.35. The van der Waals surface area contributed by atoms with Gasteiger partial charge in [-0.2, -0.15) is 5.26 Å². The maximum absolute atomic E-state index is 11.4. The summed E-state index contributed by atoms with van der Waals surface area (Å²) in [6, 6.07) is 10.5. The predicted octanol–water partition coefficient (Wildman–Crippen LogP) is 3.03. The van der Waals surface area contributed by atoms with Gasteiger partial charge in [-0.3, -0.25) is 4.79 Å². The summed E-state index contributed by atoms with van der Waals surface area (Å²) in [6.45, 7) is 0. The van der Waals surface area contributed by atoms with Crippen LogP contribution in [0.1, 0.15) is 11.1 Å². The lowest BCUT2D eigenvalue weighted by molar-refractivity contribution is -0.115. The molecule has 0 aliphatic carbocycles. The Bertz CT molecular complexity index is 795. The molecule has 0 unspecified atom stereocenters. The van der Waals surface area contributed by atoms with Gasteiger partial charge in [0.2, 0.25) is 5.91 Å². The molecule has 0 radical (unpaired) electrons. The number of nitrogens with zero attached hydrogens (tertiary/aromatic N) is 1. The van der Waals surface area contributed by atoms with Crippen LogP contribution in [-0.2, 0) is 11.2 Å². The number of hydrogen-bond donors (Lipinski definition) is 3. The summed E-state index contributed by atoms with van der Waals surface area (Å²) >= 11 is 6.13. The Morgan fingerprint density at radius 3 is 2.81 bits per heavy atom. The standard InChI is InChI=1S/C15H11ClN4O/c16-10-3-8(7-17)1-2-12(10)19-14-6-13-9(4-11(14)18)5-15(21)20-13/h1-4,6,19H,5,18H2,(H,20,21). The summed E-state index contributed by atoms with van der Waals surface area (Å²) in [5.41, 5.74) is 9.95. The number of anilines is 4. The van der Waals surface area contributed by atoms with Crippen molar-refractivity contribution in [3.8, 4) is 6.07 Å². The van der Waals surface area contributed by atoms with Crippen molar-refractivity contribution in [1.82, 2.24) is 0 Å². The molecule has 1 amide bonds. The van der Waals surface area contributed by atoms with Crippen LogP contribution < -0.4 is 16.4 Å². The minimum Gasteiger partial charge on any atom is -0.397 e. The second-order valence-corrected chi connectivity index (χ2v) is 5.16. The van der Waals surface area contributed by atoms with Gasteiger partial charge in [-0.05, 0) is 35.9 Å². The lowest BCUT2D eigenvalue weighted by atomic mass is 10.1. The minimum absolute atomic E-state index is 0.0436. The second-order valence-electron chi connectivity index (χ2n) is 4.75. The van der Waals surface area contributed by atoms with Gasteiger partial charge in [-0.25, -0.2) is 0 Å². The number of hydrogen-bond acceptors (Lipinski definition) is 4. The fourth-order valence-electron chi connectivity index (χ4n) is 2.23. The first-order valence-electron chi connectivity index (χ1n) is 6.26. The normalized spacial score (nSPS) is 12.5. The van der Waals surface area contributed by atoms with E-state index in [2.05, 4.69) is 10.6 Å². The zero-order valence-corrected chi connectivity index (χ0v) is 11.7. The summed E-state index contributed by atoms with van der Waals surface area (Å²) in [6.07, 6.45) is 0.345. The maximum atomic E-state index is 11.4. The quantitative estimate of drug-likeness (QED) is 0.743. The molecule has 6 heteroatoms. The number of carbonyl (C=O) groups is 1. The number of carbonyl (C=O) groups excluding carboxylic acids is 1. The second kappa shape index (κ2) is 5.00. The first-order valence-corrected chi connectivity index (χ1v) is 6.63. The first-order chi connectivity index (χ1) is 10.1. The van der Waals surface area contributed by atoms with Crippen LogP contribution in [0.4, 0.5) is 22.7 Å². The Labute approximate surface area is 126 Å². The zero-order chi connectivity index (χ0) is 15.0. The van der Waals surface area contributed by atoms with Crippen LogP contribution in [0, 0.1) is 11.3 Å². The number of nitriles is 1. The van der Waals surface area contributed by atoms with E-state index in [1.165, 1.54) is 0 Å². The molecule has 3 rings (SSSR count). The number of fused-ring (bicyclic) bond motifs is 1. The molecule has 0 saturated heterocycles. The summed E-state index contributed by atoms with van der Waals surface area (Å²) in [5.74, 6) is -0.0436. The molecule has 1 aliphatic rings. The van der Waals surface area contributed by atoms with Crippen molar-refractivity contribution in [2.75, 3.05) is 16.4 Å². The van der Waals surface area contributed by atoms with Gasteiger partial charge >= 0.3 is 0 Å². The van der Waals surface area contributed by atoms with Gasteiger partial charge < -0.3 is 16.4 Å². The van der Waals surface area contributed by atoms with Crippen LogP contribution in [0.25, 0.3) is 0 Å². The van der Waals surface area contributed by atoms with E-state index in [1.54, 1.807) is 30.3 Å². The average molecular weight is 299 g/mol. The minimum atomic E-state index is -0.0436. The summed E-state index contributed by atoms with van der Waals surface area (Å²) in [5, 5.41) is 15.1. The highest BCUT2D eigenvalue weighted by Gasteiger charge is 2.19. The number of nitrogen functional groups attached to an aromatic ring is 1. The van der Waals surface area contributed by atoms with E-state index in [4.69, 9.17) is 22.6 Å². The highest BCUT2D eigenvalue weighted by atomic mass is 35.5. The first kappa shape index (κ1) is 13.3. The fraction of sp³-hybridized carbons (Fsp3) is 0.0667. The molecule has 1 heterocycles. The molecule has 0 fully saturated rings. The molecule has 1 aliphatic heterocycles. The molecule has 4 N–H and O–H groups in total. The van der Waals surface area contributed by atoms with E-state index in [0.717, 1.165) is 11.3 Å². The molecule has 0 aromatic heterocycles. The van der Waals surface area contributed by atoms with Gasteiger partial charge in [0.25, 0.3) is 0 Å². The van der Waals surface area contributed by atoms with Crippen LogP contribution in [0.3, 0.4) is 0 Å². The van der Waals surface area contributed by atoms with Crippen LogP contribution in [0.2, 0.25) is 5.02 Å². The predicted molar refractivity (Wildman–Crippen MR) is 82.6 cm³/mol. The molecule has 0 bridgehead atoms. The fourth-order valence-corrected chi connectivity index (χ4v) is 2.46. The van der Waals surface area contributed by atoms with E-state index in [1.807, 2.05) is 6.07 Å². The van der Waals surface area contributed by atoms with Crippen molar-refractivity contribution >= 4 is 40.3 Å². The highest BCUT2D eigenvalue weighted by molar-refractivity contribution is 6.33. The van der Waals surface area contributed by atoms with Crippen LogP contribution in [-0.4, -0.2) is 5.91 Å². The molecule has 5 nitrogen and oxygen atoms in total. The van der Waals surface area contributed by atoms with Crippen LogP contribution in [0.15, 0.2) is 30.3 Å². The third kappa shape index (κ3) is 2.49. The van der Waals surface area contributed by atoms with E-state index in [9.17, 15) is 4.79 Å². The van der Waals surface area contributed by atoms with Crippen molar-refractivity contribution in [2.45, 2.75) is 6.42 Å². The van der Waals surface area contributed by atoms with Crippen LogP contribution in [0.5, 0.6) is 0 Å². The number of halogens is 1. The number of amides is 1. The Morgan fingerprint density at radius 2 is 2.10 bits per heavy atom. The number of nitrogens with two attached hydrogens (primary N) is 1. The topological polar surface area (TPSA) is 90.9 Å².